The molecule has 0 saturated heterocycles. The third-order valence-electron chi connectivity index (χ3n) is 3.33. The smallest absolute Gasteiger partial charge is 0.318 e. The predicted octanol–water partition coefficient (Wildman–Crippen LogP) is 5.06. The topological polar surface area (TPSA) is 32.3 Å². The third-order valence-corrected chi connectivity index (χ3v) is 4.07. The number of hydrogen-bond acceptors (Lipinski definition) is 1. The van der Waals surface area contributed by atoms with Crippen LogP contribution in [-0.2, 0) is 5.54 Å². The number of benzene rings is 1. The summed E-state index contributed by atoms with van der Waals surface area (Å²) in [6, 6.07) is 5.39. The number of nitrogens with zero attached hydrogens (tertiary/aromatic N) is 1. The lowest BCUT2D eigenvalue weighted by Gasteiger charge is -2.31. The highest BCUT2D eigenvalue weighted by atomic mass is 35.5. The van der Waals surface area contributed by atoms with Gasteiger partial charge < -0.3 is 10.2 Å². The molecule has 0 radical (unpaired) electrons. The number of hydrogen-bond donors (Lipinski definition) is 1. The van der Waals surface area contributed by atoms with Crippen LogP contribution in [0.25, 0.3) is 0 Å². The van der Waals surface area contributed by atoms with Gasteiger partial charge >= 0.3 is 6.03 Å². The van der Waals surface area contributed by atoms with E-state index in [0.717, 1.165) is 31.5 Å². The van der Waals surface area contributed by atoms with Crippen molar-refractivity contribution >= 4 is 29.2 Å². The Kier molecular flexibility index (Phi) is 6.82. The summed E-state index contributed by atoms with van der Waals surface area (Å²) >= 11 is 12.0. The molecule has 1 aromatic carbocycles. The summed E-state index contributed by atoms with van der Waals surface area (Å²) < 4.78 is 0. The van der Waals surface area contributed by atoms with Gasteiger partial charge in [0.1, 0.15) is 0 Å². The maximum absolute atomic E-state index is 12.4. The van der Waals surface area contributed by atoms with Crippen LogP contribution in [0.2, 0.25) is 10.0 Å². The van der Waals surface area contributed by atoms with Gasteiger partial charge in [-0.15, -0.1) is 0 Å². The Labute approximate surface area is 137 Å². The fourth-order valence-corrected chi connectivity index (χ4v) is 2.46. The van der Waals surface area contributed by atoms with Crippen molar-refractivity contribution in [2.75, 3.05) is 13.1 Å². The Balaban J connectivity index is 2.86. The molecule has 118 valence electrons. The number of carbonyl (C=O) groups excluding carboxylic acids is 1. The van der Waals surface area contributed by atoms with Gasteiger partial charge in [-0.05, 0) is 44.4 Å². The molecule has 3 nitrogen and oxygen atoms in total. The SMILES string of the molecule is CCCN(CCC)C(=O)NC(C)(C)c1ccc(Cl)c(Cl)c1. The summed E-state index contributed by atoms with van der Waals surface area (Å²) in [6.07, 6.45) is 1.89. The fourth-order valence-electron chi connectivity index (χ4n) is 2.16. The molecule has 0 aliphatic carbocycles. The summed E-state index contributed by atoms with van der Waals surface area (Å²) in [5.41, 5.74) is 0.420. The largest absolute Gasteiger partial charge is 0.329 e. The van der Waals surface area contributed by atoms with Crippen molar-refractivity contribution in [1.29, 1.82) is 0 Å². The molecule has 0 aliphatic rings. The Morgan fingerprint density at radius 3 is 2.19 bits per heavy atom. The van der Waals surface area contributed by atoms with Crippen molar-refractivity contribution in [1.82, 2.24) is 10.2 Å². The second kappa shape index (κ2) is 7.90. The lowest BCUT2D eigenvalue weighted by Crippen LogP contribution is -2.48. The Bertz CT molecular complexity index is 483. The molecule has 5 heteroatoms. The molecule has 1 N–H and O–H groups in total. The van der Waals surface area contributed by atoms with Crippen molar-refractivity contribution in [2.45, 2.75) is 46.1 Å². The number of carbonyl (C=O) groups is 1. The van der Waals surface area contributed by atoms with E-state index in [4.69, 9.17) is 23.2 Å². The van der Waals surface area contributed by atoms with Gasteiger partial charge in [-0.3, -0.25) is 0 Å². The molecule has 21 heavy (non-hydrogen) atoms. The maximum atomic E-state index is 12.4. The van der Waals surface area contributed by atoms with Crippen molar-refractivity contribution in [3.05, 3.63) is 33.8 Å². The monoisotopic (exact) mass is 330 g/mol. The standard InChI is InChI=1S/C16H24Cl2N2O/c1-5-9-20(10-6-2)15(21)19-16(3,4)12-7-8-13(17)14(18)11-12/h7-8,11H,5-6,9-10H2,1-4H3,(H,19,21). The number of amides is 2. The first-order valence-electron chi connectivity index (χ1n) is 7.34. The Morgan fingerprint density at radius 2 is 1.71 bits per heavy atom. The number of nitrogens with one attached hydrogen (secondary N) is 1. The van der Waals surface area contributed by atoms with Gasteiger partial charge in [0.2, 0.25) is 0 Å². The summed E-state index contributed by atoms with van der Waals surface area (Å²) in [4.78, 5) is 14.3. The Morgan fingerprint density at radius 1 is 1.14 bits per heavy atom. The van der Waals surface area contributed by atoms with E-state index < -0.39 is 5.54 Å². The number of halogens is 2. The van der Waals surface area contributed by atoms with E-state index in [-0.39, 0.29) is 6.03 Å². The van der Waals surface area contributed by atoms with E-state index in [9.17, 15) is 4.79 Å². The maximum Gasteiger partial charge on any atom is 0.318 e. The first kappa shape index (κ1) is 18.1. The average molecular weight is 331 g/mol. The average Bonchev–Trinajstić information content (AvgIpc) is 2.41. The van der Waals surface area contributed by atoms with Gasteiger partial charge in [-0.2, -0.15) is 0 Å². The minimum absolute atomic E-state index is 0.0465. The van der Waals surface area contributed by atoms with Crippen LogP contribution in [0, 0.1) is 0 Å². The molecule has 0 bridgehead atoms. The minimum atomic E-state index is -0.509. The van der Waals surface area contributed by atoms with Crippen LogP contribution >= 0.6 is 23.2 Å². The zero-order valence-corrected chi connectivity index (χ0v) is 14.7. The highest BCUT2D eigenvalue weighted by Gasteiger charge is 2.25. The minimum Gasteiger partial charge on any atom is -0.329 e. The Hall–Kier alpha value is -0.930. The summed E-state index contributed by atoms with van der Waals surface area (Å²) in [5.74, 6) is 0. The second-order valence-electron chi connectivity index (χ2n) is 5.67. The predicted molar refractivity (Wildman–Crippen MR) is 90.2 cm³/mol. The molecule has 0 atom stereocenters. The molecule has 0 spiro atoms. The number of rotatable bonds is 6. The molecule has 0 aliphatic heterocycles. The van der Waals surface area contributed by atoms with E-state index in [0.29, 0.717) is 10.0 Å². The van der Waals surface area contributed by atoms with E-state index in [2.05, 4.69) is 19.2 Å². The summed E-state index contributed by atoms with van der Waals surface area (Å²) in [5, 5.41) is 4.08. The normalized spacial score (nSPS) is 11.3. The van der Waals surface area contributed by atoms with Crippen LogP contribution in [0.15, 0.2) is 18.2 Å². The quantitative estimate of drug-likeness (QED) is 0.776. The van der Waals surface area contributed by atoms with E-state index >= 15 is 0 Å². The first-order chi connectivity index (χ1) is 9.81. The third kappa shape index (κ3) is 5.08. The van der Waals surface area contributed by atoms with E-state index in [1.165, 1.54) is 0 Å². The van der Waals surface area contributed by atoms with Gasteiger partial charge in [-0.1, -0.05) is 43.1 Å². The molecule has 0 saturated carbocycles. The molecule has 1 rings (SSSR count). The molecule has 2 amide bonds. The zero-order valence-electron chi connectivity index (χ0n) is 13.2. The molecule has 0 aromatic heterocycles. The van der Waals surface area contributed by atoms with Crippen LogP contribution in [-0.4, -0.2) is 24.0 Å². The van der Waals surface area contributed by atoms with Gasteiger partial charge in [-0.25, -0.2) is 4.79 Å². The fraction of sp³-hybridized carbons (Fsp3) is 0.562. The van der Waals surface area contributed by atoms with Crippen LogP contribution < -0.4 is 5.32 Å². The van der Waals surface area contributed by atoms with Crippen LogP contribution in [0.1, 0.15) is 46.1 Å². The molecule has 0 fully saturated rings. The first-order valence-corrected chi connectivity index (χ1v) is 8.10. The van der Waals surface area contributed by atoms with E-state index in [1.54, 1.807) is 12.1 Å². The summed E-state index contributed by atoms with van der Waals surface area (Å²) in [6.45, 7) is 9.58. The van der Waals surface area contributed by atoms with Crippen molar-refractivity contribution < 1.29 is 4.79 Å². The van der Waals surface area contributed by atoms with Crippen LogP contribution in [0.3, 0.4) is 0 Å². The van der Waals surface area contributed by atoms with Crippen molar-refractivity contribution in [3.8, 4) is 0 Å². The van der Waals surface area contributed by atoms with Crippen molar-refractivity contribution in [3.63, 3.8) is 0 Å². The highest BCUT2D eigenvalue weighted by molar-refractivity contribution is 6.42. The zero-order chi connectivity index (χ0) is 16.0. The molecule has 0 heterocycles. The lowest BCUT2D eigenvalue weighted by atomic mass is 9.94. The van der Waals surface area contributed by atoms with Gasteiger partial charge in [0.15, 0.2) is 0 Å². The number of urea groups is 1. The van der Waals surface area contributed by atoms with Gasteiger partial charge in [0, 0.05) is 13.1 Å². The highest BCUT2D eigenvalue weighted by Crippen LogP contribution is 2.28. The van der Waals surface area contributed by atoms with Gasteiger partial charge in [0.25, 0.3) is 0 Å². The molecule has 0 unspecified atom stereocenters. The van der Waals surface area contributed by atoms with Crippen LogP contribution in [0.5, 0.6) is 0 Å². The lowest BCUT2D eigenvalue weighted by molar-refractivity contribution is 0.186. The van der Waals surface area contributed by atoms with E-state index in [1.807, 2.05) is 24.8 Å². The molecular formula is C16H24Cl2N2O. The van der Waals surface area contributed by atoms with Gasteiger partial charge in [0.05, 0.1) is 15.6 Å². The van der Waals surface area contributed by atoms with Crippen LogP contribution in [0.4, 0.5) is 4.79 Å². The summed E-state index contributed by atoms with van der Waals surface area (Å²) in [7, 11) is 0. The molecular weight excluding hydrogens is 307 g/mol. The second-order valence-corrected chi connectivity index (χ2v) is 6.49. The van der Waals surface area contributed by atoms with Crippen molar-refractivity contribution in [2.24, 2.45) is 0 Å². The molecule has 1 aromatic rings.